The van der Waals surface area contributed by atoms with Crippen LogP contribution in [-0.2, 0) is 6.16 Å². The van der Waals surface area contributed by atoms with Gasteiger partial charge in [-0.15, -0.1) is 0 Å². The van der Waals surface area contributed by atoms with E-state index >= 15 is 0 Å². The summed E-state index contributed by atoms with van der Waals surface area (Å²) in [6.07, 6.45) is 0.334. The molecule has 0 unspecified atom stereocenters. The Bertz CT molecular complexity index is 1120. The minimum absolute atomic E-state index is 0.212. The topological polar surface area (TPSA) is 43.1 Å². The van der Waals surface area contributed by atoms with Gasteiger partial charge in [0.05, 0.1) is 0 Å². The molecular formula is C25H20BrFNO2P. The first-order valence-electron chi connectivity index (χ1n) is 9.76. The number of nitro benzene ring substituents is 1. The van der Waals surface area contributed by atoms with Crippen molar-refractivity contribution in [3.05, 3.63) is 131 Å². The van der Waals surface area contributed by atoms with Gasteiger partial charge >= 0.3 is 189 Å². The van der Waals surface area contributed by atoms with E-state index in [4.69, 9.17) is 0 Å². The Hall–Kier alpha value is -2.88. The van der Waals surface area contributed by atoms with Gasteiger partial charge in [0, 0.05) is 0 Å². The van der Waals surface area contributed by atoms with Crippen molar-refractivity contribution in [3.63, 3.8) is 0 Å². The zero-order valence-electron chi connectivity index (χ0n) is 16.6. The van der Waals surface area contributed by atoms with Gasteiger partial charge in [0.25, 0.3) is 0 Å². The number of nitrogens with zero attached hydrogens (tertiary/aromatic N) is 1. The minimum atomic E-state index is -3.39. The summed E-state index contributed by atoms with van der Waals surface area (Å²) in [4.78, 5) is 11.3. The molecular weight excluding hydrogens is 476 g/mol. The predicted octanol–water partition coefficient (Wildman–Crippen LogP) is 6.07. The van der Waals surface area contributed by atoms with E-state index in [1.54, 1.807) is 0 Å². The summed E-state index contributed by atoms with van der Waals surface area (Å²) < 4.78 is 13.9. The van der Waals surface area contributed by atoms with Crippen LogP contribution in [0.2, 0.25) is 0 Å². The molecule has 0 aliphatic carbocycles. The summed E-state index contributed by atoms with van der Waals surface area (Å²) in [5.41, 5.74) is 0.272. The van der Waals surface area contributed by atoms with Crippen LogP contribution in [0, 0.1) is 15.9 Å². The van der Waals surface area contributed by atoms with Crippen LogP contribution in [0.25, 0.3) is 0 Å². The molecule has 0 heterocycles. The molecule has 0 saturated carbocycles. The van der Waals surface area contributed by atoms with E-state index in [-0.39, 0.29) is 5.69 Å². The standard InChI is InChI=1S/C25H20BrFNO2P/c26-31(22-10-4-1-5-11-22,23-12-6-2-7-13-23,24-14-8-3-9-15-24)19-20-16-17-21(27)18-25(20)28(29)30/h1-18H,19H2. The molecule has 0 radical (unpaired) electrons. The fraction of sp³-hybridized carbons (Fsp3) is 0.0400. The van der Waals surface area contributed by atoms with Gasteiger partial charge in [-0.05, 0) is 0 Å². The molecule has 0 saturated heterocycles. The molecule has 4 rings (SSSR count). The fourth-order valence-corrected chi connectivity index (χ4v) is 11.8. The molecule has 4 aromatic rings. The molecule has 0 aromatic heterocycles. The van der Waals surface area contributed by atoms with Crippen molar-refractivity contribution < 1.29 is 9.31 Å². The second-order valence-corrected chi connectivity index (χ2v) is 16.3. The molecule has 6 heteroatoms. The number of hydrogen-bond donors (Lipinski definition) is 0. The van der Waals surface area contributed by atoms with E-state index in [2.05, 4.69) is 51.9 Å². The second kappa shape index (κ2) is 8.33. The predicted molar refractivity (Wildman–Crippen MR) is 131 cm³/mol. The number of nitro groups is 1. The van der Waals surface area contributed by atoms with Gasteiger partial charge in [0.15, 0.2) is 0 Å². The number of rotatable bonds is 6. The van der Waals surface area contributed by atoms with E-state index in [0.29, 0.717) is 11.7 Å². The normalized spacial score (nSPS) is 12.6. The van der Waals surface area contributed by atoms with Crippen LogP contribution in [0.15, 0.2) is 109 Å². The number of benzene rings is 4. The Kier molecular flexibility index (Phi) is 5.74. The summed E-state index contributed by atoms with van der Waals surface area (Å²) in [6.45, 7) is 0. The van der Waals surface area contributed by atoms with Gasteiger partial charge < -0.3 is 0 Å². The van der Waals surface area contributed by atoms with Gasteiger partial charge in [-0.3, -0.25) is 0 Å². The van der Waals surface area contributed by atoms with Gasteiger partial charge in [0.2, 0.25) is 0 Å². The zero-order chi connectivity index (χ0) is 21.9. The van der Waals surface area contributed by atoms with Crippen molar-refractivity contribution in [1.82, 2.24) is 0 Å². The Balaban J connectivity index is 2.11. The molecule has 0 spiro atoms. The van der Waals surface area contributed by atoms with Gasteiger partial charge in [-0.1, -0.05) is 0 Å². The molecule has 156 valence electrons. The molecule has 0 fully saturated rings. The molecule has 0 N–H and O–H groups in total. The van der Waals surface area contributed by atoms with Gasteiger partial charge in [0.1, 0.15) is 0 Å². The SMILES string of the molecule is O=[N+]([O-])c1cc(F)ccc1CP(Br)(c1ccccc1)(c1ccccc1)c1ccccc1. The Morgan fingerprint density at radius 3 is 1.55 bits per heavy atom. The quantitative estimate of drug-likeness (QED) is 0.185. The van der Waals surface area contributed by atoms with E-state index in [1.165, 1.54) is 12.1 Å². The number of hydrogen-bond acceptors (Lipinski definition) is 2. The molecule has 3 nitrogen and oxygen atoms in total. The van der Waals surface area contributed by atoms with Gasteiger partial charge in [-0.2, -0.15) is 0 Å². The summed E-state index contributed by atoms with van der Waals surface area (Å²) >= 11 is 4.27. The Labute approximate surface area is 188 Å². The van der Waals surface area contributed by atoms with Gasteiger partial charge in [-0.25, -0.2) is 0 Å². The summed E-state index contributed by atoms with van der Waals surface area (Å²) in [5, 5.41) is 11.6. The van der Waals surface area contributed by atoms with Crippen LogP contribution < -0.4 is 15.9 Å². The third-order valence-corrected chi connectivity index (χ3v) is 15.1. The molecule has 0 amide bonds. The van der Waals surface area contributed by atoms with Crippen LogP contribution >= 0.6 is 20.8 Å². The van der Waals surface area contributed by atoms with E-state index in [9.17, 15) is 14.5 Å². The van der Waals surface area contributed by atoms with Crippen LogP contribution in [0.4, 0.5) is 10.1 Å². The van der Waals surface area contributed by atoms with Crippen molar-refractivity contribution in [1.29, 1.82) is 0 Å². The monoisotopic (exact) mass is 495 g/mol. The second-order valence-electron chi connectivity index (χ2n) is 7.38. The first-order valence-corrected chi connectivity index (χ1v) is 14.2. The molecule has 0 aliphatic heterocycles. The van der Waals surface area contributed by atoms with Crippen molar-refractivity contribution in [2.24, 2.45) is 0 Å². The van der Waals surface area contributed by atoms with Crippen molar-refractivity contribution in [2.45, 2.75) is 6.16 Å². The van der Waals surface area contributed by atoms with E-state index < -0.39 is 16.0 Å². The average Bonchev–Trinajstić information content (AvgIpc) is 2.82. The Morgan fingerprint density at radius 2 is 1.16 bits per heavy atom. The van der Waals surface area contributed by atoms with Crippen LogP contribution in [-0.4, -0.2) is 4.92 Å². The molecule has 0 atom stereocenters. The molecule has 31 heavy (non-hydrogen) atoms. The molecule has 0 bridgehead atoms. The maximum atomic E-state index is 13.9. The van der Waals surface area contributed by atoms with Crippen LogP contribution in [0.3, 0.4) is 0 Å². The van der Waals surface area contributed by atoms with Crippen molar-refractivity contribution in [3.8, 4) is 0 Å². The molecule has 0 aliphatic rings. The first-order chi connectivity index (χ1) is 14.9. The van der Waals surface area contributed by atoms with Crippen LogP contribution in [0.1, 0.15) is 5.56 Å². The fourth-order valence-electron chi connectivity index (χ4n) is 4.10. The average molecular weight is 496 g/mol. The van der Waals surface area contributed by atoms with Crippen molar-refractivity contribution in [2.75, 3.05) is 0 Å². The third kappa shape index (κ3) is 3.69. The summed E-state index contributed by atoms with van der Waals surface area (Å²) in [7, 11) is 0. The van der Waals surface area contributed by atoms with E-state index in [1.807, 2.05) is 54.6 Å². The Morgan fingerprint density at radius 1 is 0.742 bits per heavy atom. The zero-order valence-corrected chi connectivity index (χ0v) is 19.0. The maximum absolute atomic E-state index is 13.9. The number of halogens is 2. The van der Waals surface area contributed by atoms with Crippen LogP contribution in [0.5, 0.6) is 0 Å². The third-order valence-electron chi connectivity index (χ3n) is 5.59. The first kappa shape index (κ1) is 21.4. The molecule has 4 aromatic carbocycles. The van der Waals surface area contributed by atoms with E-state index in [0.717, 1.165) is 22.0 Å². The van der Waals surface area contributed by atoms with Crippen molar-refractivity contribution >= 4 is 42.4 Å². The summed E-state index contributed by atoms with van der Waals surface area (Å²) in [6, 6.07) is 33.9. The summed E-state index contributed by atoms with van der Waals surface area (Å²) in [5.74, 6) is -0.621.